The van der Waals surface area contributed by atoms with E-state index in [0.29, 0.717) is 24.1 Å². The van der Waals surface area contributed by atoms with E-state index in [1.807, 2.05) is 0 Å². The second-order valence-electron chi connectivity index (χ2n) is 5.13. The Kier molecular flexibility index (Phi) is 4.79. The molecule has 1 fully saturated rings. The number of rotatable bonds is 6. The molecule has 2 rings (SSSR count). The number of hydrogen-bond acceptors (Lipinski definition) is 5. The van der Waals surface area contributed by atoms with E-state index in [2.05, 4.69) is 5.32 Å². The molecule has 20 heavy (non-hydrogen) atoms. The van der Waals surface area contributed by atoms with Gasteiger partial charge in [-0.1, -0.05) is 12.5 Å². The zero-order valence-corrected chi connectivity index (χ0v) is 11.5. The van der Waals surface area contributed by atoms with Crippen LogP contribution in [0.4, 0.5) is 11.4 Å². The summed E-state index contributed by atoms with van der Waals surface area (Å²) in [5, 5.41) is 23.6. The van der Waals surface area contributed by atoms with Gasteiger partial charge in [0, 0.05) is 13.2 Å². The lowest BCUT2D eigenvalue weighted by molar-refractivity contribution is -0.384. The number of aliphatic hydroxyl groups is 1. The zero-order valence-electron chi connectivity index (χ0n) is 11.5. The number of benzene rings is 1. The molecular weight excluding hydrogens is 260 g/mol. The van der Waals surface area contributed by atoms with Crippen LogP contribution in [0.15, 0.2) is 18.2 Å². The van der Waals surface area contributed by atoms with Gasteiger partial charge in [0.05, 0.1) is 12.0 Å². The van der Waals surface area contributed by atoms with Gasteiger partial charge in [0.15, 0.2) is 5.75 Å². The van der Waals surface area contributed by atoms with E-state index < -0.39 is 4.92 Å². The van der Waals surface area contributed by atoms with Crippen molar-refractivity contribution in [3.8, 4) is 5.75 Å². The second-order valence-corrected chi connectivity index (χ2v) is 5.13. The van der Waals surface area contributed by atoms with Crippen molar-refractivity contribution in [3.63, 3.8) is 0 Å². The van der Waals surface area contributed by atoms with Crippen molar-refractivity contribution < 1.29 is 14.8 Å². The Hall–Kier alpha value is -1.82. The molecule has 0 spiro atoms. The minimum atomic E-state index is -0.431. The van der Waals surface area contributed by atoms with Gasteiger partial charge in [0.1, 0.15) is 5.69 Å². The fourth-order valence-corrected chi connectivity index (χ4v) is 2.88. The predicted octanol–water partition coefficient (Wildman–Crippen LogP) is 2.42. The normalized spacial score (nSPS) is 21.7. The fourth-order valence-electron chi connectivity index (χ4n) is 2.88. The number of para-hydroxylation sites is 1. The summed E-state index contributed by atoms with van der Waals surface area (Å²) in [5.41, 5.74) is 0.437. The standard InChI is InChI=1S/C14H20N2O4/c1-20-13-7-3-6-12(14(13)16(18)19)15-8-10-4-2-5-11(10)9-17/h3,6-7,10-11,15,17H,2,4-5,8-9H2,1H3. The highest BCUT2D eigenvalue weighted by atomic mass is 16.6. The van der Waals surface area contributed by atoms with E-state index in [9.17, 15) is 15.2 Å². The number of nitro benzene ring substituents is 1. The third kappa shape index (κ3) is 3.01. The molecular formula is C14H20N2O4. The molecule has 6 nitrogen and oxygen atoms in total. The van der Waals surface area contributed by atoms with Gasteiger partial charge in [-0.05, 0) is 36.8 Å². The maximum Gasteiger partial charge on any atom is 0.333 e. The molecule has 2 atom stereocenters. The van der Waals surface area contributed by atoms with Gasteiger partial charge in [-0.3, -0.25) is 10.1 Å². The number of methoxy groups -OCH3 is 1. The van der Waals surface area contributed by atoms with Gasteiger partial charge in [-0.2, -0.15) is 0 Å². The first-order valence-electron chi connectivity index (χ1n) is 6.83. The molecule has 1 aromatic rings. The molecule has 6 heteroatoms. The first-order chi connectivity index (χ1) is 9.67. The van der Waals surface area contributed by atoms with Crippen LogP contribution in [0.3, 0.4) is 0 Å². The van der Waals surface area contributed by atoms with Crippen molar-refractivity contribution in [2.75, 3.05) is 25.6 Å². The first kappa shape index (κ1) is 14.6. The Morgan fingerprint density at radius 1 is 1.45 bits per heavy atom. The van der Waals surface area contributed by atoms with Crippen molar-refractivity contribution in [1.29, 1.82) is 0 Å². The summed E-state index contributed by atoms with van der Waals surface area (Å²) in [4.78, 5) is 10.7. The largest absolute Gasteiger partial charge is 0.490 e. The molecule has 0 bridgehead atoms. The van der Waals surface area contributed by atoms with Gasteiger partial charge >= 0.3 is 5.69 Å². The van der Waals surface area contributed by atoms with Crippen molar-refractivity contribution >= 4 is 11.4 Å². The molecule has 1 saturated carbocycles. The van der Waals surface area contributed by atoms with E-state index in [-0.39, 0.29) is 18.0 Å². The molecule has 2 N–H and O–H groups in total. The van der Waals surface area contributed by atoms with Gasteiger partial charge in [0.25, 0.3) is 0 Å². The average Bonchev–Trinajstić information content (AvgIpc) is 2.91. The van der Waals surface area contributed by atoms with E-state index in [1.165, 1.54) is 7.11 Å². The van der Waals surface area contributed by atoms with Crippen LogP contribution in [0.25, 0.3) is 0 Å². The molecule has 0 radical (unpaired) electrons. The lowest BCUT2D eigenvalue weighted by atomic mass is 9.97. The summed E-state index contributed by atoms with van der Waals surface area (Å²) >= 11 is 0. The van der Waals surface area contributed by atoms with Crippen LogP contribution in [0, 0.1) is 22.0 Å². The molecule has 2 unspecified atom stereocenters. The SMILES string of the molecule is COc1cccc(NCC2CCCC2CO)c1[N+](=O)[O-]. The molecule has 0 aromatic heterocycles. The van der Waals surface area contributed by atoms with E-state index in [1.54, 1.807) is 18.2 Å². The minimum Gasteiger partial charge on any atom is -0.490 e. The first-order valence-corrected chi connectivity index (χ1v) is 6.83. The van der Waals surface area contributed by atoms with Crippen LogP contribution < -0.4 is 10.1 Å². The molecule has 0 aliphatic heterocycles. The molecule has 0 saturated heterocycles. The van der Waals surface area contributed by atoms with Crippen molar-refractivity contribution in [3.05, 3.63) is 28.3 Å². The number of nitro groups is 1. The van der Waals surface area contributed by atoms with Crippen LogP contribution in [0.5, 0.6) is 5.75 Å². The predicted molar refractivity (Wildman–Crippen MR) is 76.1 cm³/mol. The summed E-state index contributed by atoms with van der Waals surface area (Å²) in [7, 11) is 1.42. The van der Waals surface area contributed by atoms with Crippen molar-refractivity contribution in [2.24, 2.45) is 11.8 Å². The number of nitrogens with one attached hydrogen (secondary N) is 1. The summed E-state index contributed by atoms with van der Waals surface area (Å²) < 4.78 is 5.04. The van der Waals surface area contributed by atoms with Gasteiger partial charge in [0.2, 0.25) is 0 Å². The molecule has 1 aromatic carbocycles. The second kappa shape index (κ2) is 6.56. The quantitative estimate of drug-likeness (QED) is 0.617. The third-order valence-electron chi connectivity index (χ3n) is 4.01. The van der Waals surface area contributed by atoms with E-state index in [4.69, 9.17) is 4.74 Å². The van der Waals surface area contributed by atoms with Crippen LogP contribution in [0.1, 0.15) is 19.3 Å². The van der Waals surface area contributed by atoms with Crippen LogP contribution in [0.2, 0.25) is 0 Å². The van der Waals surface area contributed by atoms with Gasteiger partial charge in [-0.25, -0.2) is 0 Å². The Labute approximate surface area is 117 Å². The Bertz CT molecular complexity index is 478. The summed E-state index contributed by atoms with van der Waals surface area (Å²) in [6, 6.07) is 4.99. The lowest BCUT2D eigenvalue weighted by Gasteiger charge is -2.18. The molecule has 1 aliphatic rings. The smallest absolute Gasteiger partial charge is 0.333 e. The zero-order chi connectivity index (χ0) is 14.5. The van der Waals surface area contributed by atoms with Crippen LogP contribution >= 0.6 is 0 Å². The molecule has 0 amide bonds. The Balaban J connectivity index is 2.11. The number of aliphatic hydroxyl groups excluding tert-OH is 1. The highest BCUT2D eigenvalue weighted by molar-refractivity contribution is 5.68. The Morgan fingerprint density at radius 2 is 2.20 bits per heavy atom. The molecule has 1 aliphatic carbocycles. The van der Waals surface area contributed by atoms with Gasteiger partial charge in [-0.15, -0.1) is 0 Å². The van der Waals surface area contributed by atoms with Gasteiger partial charge < -0.3 is 15.2 Å². The van der Waals surface area contributed by atoms with Crippen LogP contribution in [-0.4, -0.2) is 30.3 Å². The number of anilines is 1. The lowest BCUT2D eigenvalue weighted by Crippen LogP contribution is -2.21. The van der Waals surface area contributed by atoms with Crippen LogP contribution in [-0.2, 0) is 0 Å². The van der Waals surface area contributed by atoms with E-state index in [0.717, 1.165) is 19.3 Å². The summed E-state index contributed by atoms with van der Waals surface area (Å²) in [6.07, 6.45) is 3.19. The van der Waals surface area contributed by atoms with E-state index >= 15 is 0 Å². The highest BCUT2D eigenvalue weighted by Gasteiger charge is 2.27. The summed E-state index contributed by atoms with van der Waals surface area (Å²) in [5.74, 6) is 0.920. The third-order valence-corrected chi connectivity index (χ3v) is 4.01. The van der Waals surface area contributed by atoms with Crippen molar-refractivity contribution in [2.45, 2.75) is 19.3 Å². The molecule has 110 valence electrons. The maximum atomic E-state index is 11.2. The highest BCUT2D eigenvalue weighted by Crippen LogP contribution is 2.36. The number of hydrogen-bond donors (Lipinski definition) is 2. The number of nitrogens with zero attached hydrogens (tertiary/aromatic N) is 1. The maximum absolute atomic E-state index is 11.2. The average molecular weight is 280 g/mol. The van der Waals surface area contributed by atoms with Crippen molar-refractivity contribution in [1.82, 2.24) is 0 Å². The monoisotopic (exact) mass is 280 g/mol. The Morgan fingerprint density at radius 3 is 2.85 bits per heavy atom. The number of ether oxygens (including phenoxy) is 1. The topological polar surface area (TPSA) is 84.6 Å². The summed E-state index contributed by atoms with van der Waals surface area (Å²) in [6.45, 7) is 0.825. The molecule has 0 heterocycles. The fraction of sp³-hybridized carbons (Fsp3) is 0.571. The minimum absolute atomic E-state index is 0.0338.